The summed E-state index contributed by atoms with van der Waals surface area (Å²) in [5.41, 5.74) is 4.55. The molecular weight excluding hydrogens is 1730 g/mol. The number of rotatable bonds is 40. The van der Waals surface area contributed by atoms with Gasteiger partial charge in [-0.25, -0.2) is 28.5 Å². The van der Waals surface area contributed by atoms with Crippen LogP contribution >= 0.6 is 16.9 Å². The van der Waals surface area contributed by atoms with Gasteiger partial charge in [0.25, 0.3) is 0 Å². The number of carbonyl (C=O) groups is 5. The van der Waals surface area contributed by atoms with Crippen LogP contribution in [0.4, 0.5) is 9.59 Å². The Hall–Kier alpha value is -7.44. The number of esters is 2. The summed E-state index contributed by atoms with van der Waals surface area (Å²) in [4.78, 5) is 79.1. The number of hydrogen-bond donors (Lipinski definition) is 4. The molecule has 40 heteroatoms. The molecule has 0 saturated carbocycles. The maximum absolute atomic E-state index is 13.5. The minimum atomic E-state index is -1.21. The second-order valence-corrected chi connectivity index (χ2v) is 38.3. The molecule has 0 aromatic carbocycles. The zero-order chi connectivity index (χ0) is 96.2. The summed E-state index contributed by atoms with van der Waals surface area (Å²) in [6, 6.07) is 9.51. The van der Waals surface area contributed by atoms with E-state index in [1.54, 1.807) is 101 Å². The number of aliphatic hydroxyl groups excluding tert-OH is 2. The molecule has 24 atom stereocenters. The van der Waals surface area contributed by atoms with Gasteiger partial charge in [-0.1, -0.05) is 88.4 Å². The SMILES string of the molecule is CC[C@@H](O)[C@@]1(C)OC(=O)N(C/C=C/Cn2cc(-c3ccccn3)nn2)[C@@H]1[C@@H](C)N.CC[C@@H](O)[C@@]1(C)OC(=O)N(C/C=C/Cn2cc(-c3ccccn3)nn2)[C@@H]1[C@@H](C)NC[C@H](C)C[C@@](C)(OC)[C@H](O[C@@H]1OC(C)CC(N(C)C)C1P=O)[C@@H](C)C1=C(C)C(=O)OC(C)(C)O1.CO[C@](C)(C[C@@H](C)C=O)[C@H](O[C@@H]1OC(C)CC(N(C)C)C1P=O)[C@@H](C)C1=C(C)C(=O)OC(C)(C)O1.[B].[C-]#N.[Na+]. The molecule has 36 nitrogen and oxygen atoms in total. The van der Waals surface area contributed by atoms with E-state index in [1.165, 1.54) is 0 Å². The molecule has 719 valence electrons. The Labute approximate surface area is 800 Å². The number of carbonyl (C=O) groups excluding carboxylic acids is 5. The van der Waals surface area contributed by atoms with Crippen LogP contribution < -0.4 is 40.6 Å². The largest absolute Gasteiger partial charge is 1.00 e. The normalized spacial score (nSPS) is 27.5. The average molecular weight is 1880 g/mol. The molecule has 6 aliphatic heterocycles. The minimum Gasteiger partial charge on any atom is -0.512 e. The van der Waals surface area contributed by atoms with Crippen LogP contribution in [0.2, 0.25) is 0 Å². The fourth-order valence-corrected chi connectivity index (χ4v) is 19.7. The second-order valence-electron chi connectivity index (χ2n) is 36.7. The summed E-state index contributed by atoms with van der Waals surface area (Å²) in [7, 11) is 10.8. The number of hydrogen-bond acceptors (Lipinski definition) is 32. The number of methoxy groups -OCH3 is 2. The smallest absolute Gasteiger partial charge is 0.512 e. The standard InChI is InChI=1S/C45H70N7O10P.C25H42NO8P.C20H28N6O3.CN.B.Na/c1-14-35(53)45(10)38(52(42(55)62-45)22-18-17-21-51-26-33(48-49-51)32-19-15-16-20-46-32)31(6)47-25-27(2)24-44(9,57-13)39(29(4)36-30(5)40(54)61-43(7,8)60-36)59-41-37(63-56)34(50(11)12)23-28(3)58-41;1-14(13-27)12-25(7,30-10)21(16(3)19-17(4)22(28)34-24(5,6)33-19)32-23-20(35-29)18(26(8)9)11-15(2)31-23;1-4-17(27)20(3)18(14(2)21)26(19(28)29-20)12-8-7-11-25-13-16(23-24-25)15-9-5-6-10-22-15;1-2;;/h15-20,26-29,31,34-35,37-39,41,47,53H,14,21-25H2,1-13H3;13-16,18,20-21,23H,11-12H2,1-10H3;5-10,13-14,17-18,27H,4,11-12,21H2,1-3H3;;;/q;;;-1;;+1/b18-17+;;8-7+;;;/t27-,28?,29+,31-,34?,35-,37?,38-,39-,41+,44-,45-;14-,15?,16+,18?,20?,21-,23+,25-;14-,17-,18-,20-;;;/m111.../s1. The van der Waals surface area contributed by atoms with Crippen molar-refractivity contribution >= 4 is 55.7 Å². The van der Waals surface area contributed by atoms with Gasteiger partial charge in [0.05, 0.1) is 108 Å². The molecule has 5 N–H and O–H groups in total. The van der Waals surface area contributed by atoms with Crippen molar-refractivity contribution in [2.24, 2.45) is 29.4 Å². The molecule has 4 saturated heterocycles. The summed E-state index contributed by atoms with van der Waals surface area (Å²) in [5, 5.41) is 48.3. The Balaban J connectivity index is 0.000000376. The Bertz CT molecular complexity index is 4500. The van der Waals surface area contributed by atoms with Gasteiger partial charge in [0.2, 0.25) is 11.6 Å². The van der Waals surface area contributed by atoms with Crippen molar-refractivity contribution in [2.45, 2.75) is 321 Å². The van der Waals surface area contributed by atoms with E-state index in [-0.39, 0.29) is 110 Å². The van der Waals surface area contributed by atoms with E-state index in [0.717, 1.165) is 17.7 Å². The Kier molecular flexibility index (Phi) is 43.9. The third-order valence-corrected chi connectivity index (χ3v) is 26.6. The number of ether oxygens (including phenoxy) is 12. The molecule has 4 aromatic rings. The van der Waals surface area contributed by atoms with Crippen LogP contribution in [0.3, 0.4) is 0 Å². The van der Waals surface area contributed by atoms with Gasteiger partial charge in [-0.05, 0) is 173 Å². The Morgan fingerprint density at radius 2 is 1.00 bits per heavy atom. The zero-order valence-electron chi connectivity index (χ0n) is 81.5. The number of nitrogens with two attached hydrogens (primary N) is 1. The first-order valence-corrected chi connectivity index (χ1v) is 45.9. The van der Waals surface area contributed by atoms with Crippen LogP contribution in [0.15, 0.2) is 108 Å². The Morgan fingerprint density at radius 3 is 1.35 bits per heavy atom. The Morgan fingerprint density at radius 1 is 0.618 bits per heavy atom. The van der Waals surface area contributed by atoms with Gasteiger partial charge < -0.3 is 105 Å². The summed E-state index contributed by atoms with van der Waals surface area (Å²) < 4.78 is 102. The van der Waals surface area contributed by atoms with Crippen LogP contribution in [0.25, 0.3) is 22.8 Å². The monoisotopic (exact) mass is 1870 g/mol. The van der Waals surface area contributed by atoms with E-state index in [1.807, 2.05) is 187 Å². The number of aliphatic hydroxyl groups is 2. The van der Waals surface area contributed by atoms with Crippen molar-refractivity contribution in [1.82, 2.24) is 64.9 Å². The first-order chi connectivity index (χ1) is 60.7. The van der Waals surface area contributed by atoms with E-state index >= 15 is 0 Å². The summed E-state index contributed by atoms with van der Waals surface area (Å²) in [6.07, 6.45) is 12.5. The van der Waals surface area contributed by atoms with Crippen molar-refractivity contribution in [3.8, 4) is 22.8 Å². The molecule has 3 radical (unpaired) electrons. The average Bonchev–Trinajstić information content (AvgIpc) is 1.42. The second kappa shape index (κ2) is 50.4. The van der Waals surface area contributed by atoms with Crippen molar-refractivity contribution in [2.75, 3.05) is 62.0 Å². The third kappa shape index (κ3) is 28.6. The van der Waals surface area contributed by atoms with Gasteiger partial charge in [-0.2, -0.15) is 0 Å². The number of pyridine rings is 2. The number of aldehydes is 1. The molecule has 4 fully saturated rings. The molecule has 0 bridgehead atoms. The molecule has 131 heavy (non-hydrogen) atoms. The van der Waals surface area contributed by atoms with Gasteiger partial charge in [0, 0.05) is 118 Å². The molecule has 4 aromatic heterocycles. The molecule has 6 aliphatic rings. The van der Waals surface area contributed by atoms with Crippen molar-refractivity contribution in [3.63, 3.8) is 0 Å². The van der Waals surface area contributed by atoms with Crippen molar-refractivity contribution in [1.29, 1.82) is 5.26 Å². The van der Waals surface area contributed by atoms with E-state index in [2.05, 4.69) is 42.8 Å². The fourth-order valence-electron chi connectivity index (χ4n) is 18.2. The molecule has 10 rings (SSSR count). The van der Waals surface area contributed by atoms with E-state index in [4.69, 9.17) is 74.4 Å². The molecule has 2 amide bonds. The van der Waals surface area contributed by atoms with Gasteiger partial charge in [-0.3, -0.25) is 28.9 Å². The number of amides is 2. The van der Waals surface area contributed by atoms with Crippen molar-refractivity contribution < 1.29 is 130 Å². The van der Waals surface area contributed by atoms with E-state index in [0.29, 0.717) is 98.8 Å². The number of aromatic nitrogens is 8. The first kappa shape index (κ1) is 114. The fraction of sp³-hybridized carbons (Fsp3) is 0.692. The summed E-state index contributed by atoms with van der Waals surface area (Å²) >= 11 is 0. The molecule has 0 spiro atoms. The van der Waals surface area contributed by atoms with Gasteiger partial charge in [0.1, 0.15) is 40.5 Å². The predicted octanol–water partition coefficient (Wildman–Crippen LogP) is 8.25. The van der Waals surface area contributed by atoms with Crippen LogP contribution in [0, 0.1) is 35.5 Å². The maximum Gasteiger partial charge on any atom is 1.00 e. The number of nitrogens with zero attached hydrogens (tertiary/aromatic N) is 13. The minimum absolute atomic E-state index is 0. The number of allylic oxidation sites excluding steroid dienone is 2. The maximum atomic E-state index is 13.5. The van der Waals surface area contributed by atoms with E-state index in [9.17, 15) is 43.3 Å². The zero-order valence-corrected chi connectivity index (χ0v) is 85.3. The predicted molar refractivity (Wildman–Crippen MR) is 486 cm³/mol. The molecular formula is C91H140BN15NaO21P2. The third-order valence-electron chi connectivity index (χ3n) is 24.9. The quantitative estimate of drug-likeness (QED) is 0.00619. The van der Waals surface area contributed by atoms with Gasteiger partial charge in [0.15, 0.2) is 40.7 Å². The summed E-state index contributed by atoms with van der Waals surface area (Å²) in [5.74, 6) is -3.80. The molecule has 0 aliphatic carbocycles. The van der Waals surface area contributed by atoms with Crippen LogP contribution in [0.5, 0.6) is 0 Å². The summed E-state index contributed by atoms with van der Waals surface area (Å²) in [6.45, 7) is 43.4. The van der Waals surface area contributed by atoms with Crippen LogP contribution in [-0.4, -0.2) is 301 Å². The van der Waals surface area contributed by atoms with Gasteiger partial charge >= 0.3 is 53.7 Å². The number of nitrogens with one attached hydrogen (secondary N) is 1. The van der Waals surface area contributed by atoms with Gasteiger partial charge in [-0.15, -0.1) is 10.2 Å². The molecule has 10 heterocycles. The van der Waals surface area contributed by atoms with Crippen LogP contribution in [-0.2, 0) is 93.4 Å². The topological polar surface area (TPSA) is 433 Å². The van der Waals surface area contributed by atoms with Crippen molar-refractivity contribution in [3.05, 3.63) is 115 Å². The molecule has 6 unspecified atom stereocenters. The number of cyclic esters (lactones) is 4. The first-order valence-electron chi connectivity index (χ1n) is 44.1. The van der Waals surface area contributed by atoms with Crippen LogP contribution in [0.1, 0.15) is 177 Å². The van der Waals surface area contributed by atoms with E-state index < -0.39 is 130 Å².